The summed E-state index contributed by atoms with van der Waals surface area (Å²) < 4.78 is 0. The first-order valence-corrected chi connectivity index (χ1v) is 5.98. The van der Waals surface area contributed by atoms with Crippen molar-refractivity contribution in [3.05, 3.63) is 29.3 Å². The van der Waals surface area contributed by atoms with Crippen LogP contribution in [0.2, 0.25) is 5.02 Å². The van der Waals surface area contributed by atoms with Gasteiger partial charge in [-0.3, -0.25) is 0 Å². The van der Waals surface area contributed by atoms with Crippen LogP contribution in [0.4, 0.5) is 0 Å². The van der Waals surface area contributed by atoms with E-state index < -0.39 is 0 Å². The number of hydrogen-bond donors (Lipinski definition) is 3. The maximum Gasteiger partial charge on any atom is 0.117 e. The number of benzene rings is 1. The van der Waals surface area contributed by atoms with Crippen LogP contribution in [0.3, 0.4) is 0 Å². The van der Waals surface area contributed by atoms with Crippen molar-refractivity contribution >= 4 is 23.4 Å². The van der Waals surface area contributed by atoms with Crippen LogP contribution < -0.4 is 0 Å². The summed E-state index contributed by atoms with van der Waals surface area (Å²) in [6.07, 6.45) is 0. The standard InChI is InChI=1S/C6H5ClO.C4H10O2S/c7-5-2-1-3-6(8)4-5;5-1-3-7-4-2-6/h1-4,8H;5-6H,1-4H2. The minimum absolute atomic E-state index is 0.206. The maximum atomic E-state index is 8.73. The molecule has 0 aromatic heterocycles. The van der Waals surface area contributed by atoms with Gasteiger partial charge in [-0.25, -0.2) is 0 Å². The molecule has 3 nitrogen and oxygen atoms in total. The first-order chi connectivity index (χ1) is 7.20. The molecule has 0 radical (unpaired) electrons. The molecule has 0 aliphatic carbocycles. The summed E-state index contributed by atoms with van der Waals surface area (Å²) in [5, 5.41) is 25.7. The van der Waals surface area contributed by atoms with Gasteiger partial charge in [-0.05, 0) is 18.2 Å². The number of hydrogen-bond acceptors (Lipinski definition) is 4. The zero-order chi connectivity index (χ0) is 11.5. The van der Waals surface area contributed by atoms with Crippen molar-refractivity contribution < 1.29 is 15.3 Å². The predicted octanol–water partition coefficient (Wildman–Crippen LogP) is 1.75. The summed E-state index contributed by atoms with van der Waals surface area (Å²) in [4.78, 5) is 0. The van der Waals surface area contributed by atoms with Gasteiger partial charge in [0.05, 0.1) is 13.2 Å². The van der Waals surface area contributed by atoms with Crippen LogP contribution in [0.5, 0.6) is 5.75 Å². The number of aliphatic hydroxyl groups excluding tert-OH is 2. The fourth-order valence-electron chi connectivity index (χ4n) is 0.707. The lowest BCUT2D eigenvalue weighted by molar-refractivity contribution is 0.318. The van der Waals surface area contributed by atoms with E-state index in [0.29, 0.717) is 5.02 Å². The largest absolute Gasteiger partial charge is 0.508 e. The maximum absolute atomic E-state index is 8.73. The molecule has 0 saturated carbocycles. The highest BCUT2D eigenvalue weighted by atomic mass is 35.5. The quantitative estimate of drug-likeness (QED) is 0.713. The third-order valence-corrected chi connectivity index (χ3v) is 2.46. The van der Waals surface area contributed by atoms with Gasteiger partial charge in [0.1, 0.15) is 5.75 Å². The monoisotopic (exact) mass is 250 g/mol. The zero-order valence-corrected chi connectivity index (χ0v) is 9.84. The molecule has 0 unspecified atom stereocenters. The molecule has 0 saturated heterocycles. The van der Waals surface area contributed by atoms with E-state index in [-0.39, 0.29) is 19.0 Å². The molecule has 0 heterocycles. The zero-order valence-electron chi connectivity index (χ0n) is 8.27. The average molecular weight is 251 g/mol. The van der Waals surface area contributed by atoms with Crippen LogP contribution in [0.15, 0.2) is 24.3 Å². The Kier molecular flexibility index (Phi) is 9.83. The summed E-state index contributed by atoms with van der Waals surface area (Å²) in [7, 11) is 0. The van der Waals surface area contributed by atoms with E-state index in [9.17, 15) is 0 Å². The Hall–Kier alpha value is -0.420. The lowest BCUT2D eigenvalue weighted by atomic mass is 10.3. The molecular weight excluding hydrogens is 236 g/mol. The number of halogens is 1. The van der Waals surface area contributed by atoms with Gasteiger partial charge in [0, 0.05) is 16.5 Å². The second-order valence-corrected chi connectivity index (χ2v) is 4.20. The highest BCUT2D eigenvalue weighted by Crippen LogP contribution is 2.14. The topological polar surface area (TPSA) is 60.7 Å². The van der Waals surface area contributed by atoms with Crippen LogP contribution in [0.25, 0.3) is 0 Å². The third-order valence-electron chi connectivity index (χ3n) is 1.28. The molecule has 0 atom stereocenters. The molecule has 0 spiro atoms. The molecule has 0 aliphatic heterocycles. The summed E-state index contributed by atoms with van der Waals surface area (Å²) in [5.74, 6) is 1.68. The van der Waals surface area contributed by atoms with Gasteiger partial charge >= 0.3 is 0 Å². The van der Waals surface area contributed by atoms with Crippen LogP contribution in [0, 0.1) is 0 Å². The van der Waals surface area contributed by atoms with E-state index in [1.54, 1.807) is 30.0 Å². The van der Waals surface area contributed by atoms with Gasteiger partial charge in [0.25, 0.3) is 0 Å². The summed E-state index contributed by atoms with van der Waals surface area (Å²) >= 11 is 7.04. The van der Waals surface area contributed by atoms with E-state index in [0.717, 1.165) is 11.5 Å². The minimum atomic E-state index is 0.206. The van der Waals surface area contributed by atoms with Gasteiger partial charge in [0.15, 0.2) is 0 Å². The van der Waals surface area contributed by atoms with E-state index in [1.807, 2.05) is 0 Å². The van der Waals surface area contributed by atoms with Crippen LogP contribution in [0.1, 0.15) is 0 Å². The number of rotatable bonds is 4. The Morgan fingerprint density at radius 3 is 2.07 bits per heavy atom. The minimum Gasteiger partial charge on any atom is -0.508 e. The number of phenols is 1. The lowest BCUT2D eigenvalue weighted by Crippen LogP contribution is -1.91. The highest BCUT2D eigenvalue weighted by molar-refractivity contribution is 7.99. The Balaban J connectivity index is 0.000000265. The average Bonchev–Trinajstić information content (AvgIpc) is 2.19. The molecule has 1 aromatic carbocycles. The van der Waals surface area contributed by atoms with Crippen molar-refractivity contribution in [2.45, 2.75) is 0 Å². The Labute approximate surface area is 98.7 Å². The number of phenolic OH excluding ortho intramolecular Hbond substituents is 1. The molecule has 0 bridgehead atoms. The Morgan fingerprint density at radius 1 is 1.13 bits per heavy atom. The molecule has 3 N–H and O–H groups in total. The van der Waals surface area contributed by atoms with Crippen molar-refractivity contribution in [1.82, 2.24) is 0 Å². The van der Waals surface area contributed by atoms with E-state index in [1.165, 1.54) is 6.07 Å². The van der Waals surface area contributed by atoms with Crippen LogP contribution >= 0.6 is 23.4 Å². The summed E-state index contributed by atoms with van der Waals surface area (Å²) in [5.41, 5.74) is 0. The van der Waals surface area contributed by atoms with Crippen LogP contribution in [-0.4, -0.2) is 40.0 Å². The summed E-state index contributed by atoms with van der Waals surface area (Å²) in [6.45, 7) is 0.426. The van der Waals surface area contributed by atoms with Gasteiger partial charge < -0.3 is 15.3 Å². The van der Waals surface area contributed by atoms with Gasteiger partial charge in [-0.1, -0.05) is 17.7 Å². The molecule has 15 heavy (non-hydrogen) atoms. The van der Waals surface area contributed by atoms with E-state index >= 15 is 0 Å². The molecular formula is C10H15ClO3S. The number of aromatic hydroxyl groups is 1. The lowest BCUT2D eigenvalue weighted by Gasteiger charge is -1.90. The first-order valence-electron chi connectivity index (χ1n) is 4.44. The summed E-state index contributed by atoms with van der Waals surface area (Å²) in [6, 6.07) is 6.46. The van der Waals surface area contributed by atoms with Gasteiger partial charge in [-0.15, -0.1) is 0 Å². The molecule has 86 valence electrons. The fourth-order valence-corrected chi connectivity index (χ4v) is 1.35. The highest BCUT2D eigenvalue weighted by Gasteiger charge is 1.85. The van der Waals surface area contributed by atoms with E-state index in [2.05, 4.69) is 0 Å². The van der Waals surface area contributed by atoms with E-state index in [4.69, 9.17) is 26.9 Å². The second kappa shape index (κ2) is 10.1. The van der Waals surface area contributed by atoms with Gasteiger partial charge in [-0.2, -0.15) is 11.8 Å². The molecule has 0 fully saturated rings. The van der Waals surface area contributed by atoms with Crippen molar-refractivity contribution in [2.75, 3.05) is 24.7 Å². The van der Waals surface area contributed by atoms with Crippen LogP contribution in [-0.2, 0) is 0 Å². The number of thioether (sulfide) groups is 1. The van der Waals surface area contributed by atoms with Crippen molar-refractivity contribution in [2.24, 2.45) is 0 Å². The Bertz CT molecular complexity index is 237. The first kappa shape index (κ1) is 14.6. The normalized spacial score (nSPS) is 9.27. The SMILES string of the molecule is OCCSCCO.Oc1cccc(Cl)c1. The van der Waals surface area contributed by atoms with Crippen molar-refractivity contribution in [3.63, 3.8) is 0 Å². The second-order valence-electron chi connectivity index (χ2n) is 2.54. The fraction of sp³-hybridized carbons (Fsp3) is 0.400. The number of aliphatic hydroxyl groups is 2. The van der Waals surface area contributed by atoms with Crippen molar-refractivity contribution in [1.29, 1.82) is 0 Å². The molecule has 0 amide bonds. The predicted molar refractivity (Wildman–Crippen MR) is 64.6 cm³/mol. The smallest absolute Gasteiger partial charge is 0.117 e. The molecule has 1 aromatic rings. The van der Waals surface area contributed by atoms with Crippen molar-refractivity contribution in [3.8, 4) is 5.75 Å². The molecule has 0 aliphatic rings. The third kappa shape index (κ3) is 9.87. The molecule has 5 heteroatoms. The molecule has 1 rings (SSSR count). The van der Waals surface area contributed by atoms with Gasteiger partial charge in [0.2, 0.25) is 0 Å². The Morgan fingerprint density at radius 2 is 1.73 bits per heavy atom.